The maximum absolute atomic E-state index is 7.42. The van der Waals surface area contributed by atoms with Crippen molar-refractivity contribution in [3.05, 3.63) is 0 Å². The van der Waals surface area contributed by atoms with Gasteiger partial charge in [0.1, 0.15) is 0 Å². The summed E-state index contributed by atoms with van der Waals surface area (Å²) in [6.07, 6.45) is 3.17. The Hall–Kier alpha value is 5.73. The van der Waals surface area contributed by atoms with Crippen LogP contribution in [-0.2, 0) is 65.6 Å². The van der Waals surface area contributed by atoms with Crippen molar-refractivity contribution in [1.82, 2.24) is 0 Å². The molecule has 10 heteroatoms. The zero-order valence-electron chi connectivity index (χ0n) is 13.0. The van der Waals surface area contributed by atoms with Crippen molar-refractivity contribution in [1.29, 1.82) is 0 Å². The first-order valence-corrected chi connectivity index (χ1v) is 45.7. The minimum absolute atomic E-state index is 0.186. The van der Waals surface area contributed by atoms with Gasteiger partial charge in [0.25, 0.3) is 0 Å². The molecule has 0 saturated carbocycles. The van der Waals surface area contributed by atoms with Crippen LogP contribution >= 0.6 is 31.8 Å². The summed E-state index contributed by atoms with van der Waals surface area (Å²) in [5.41, 5.74) is 0. The van der Waals surface area contributed by atoms with Gasteiger partial charge in [-0.25, -0.2) is 0 Å². The summed E-state index contributed by atoms with van der Waals surface area (Å²) in [4.78, 5) is 0. The number of hydrogen-bond acceptors (Lipinski definition) is 0. The Morgan fingerprint density at radius 3 is 2.05 bits per heavy atom. The predicted octanol–water partition coefficient (Wildman–Crippen LogP) is 6.39. The molecule has 1 heterocycles. The van der Waals surface area contributed by atoms with E-state index in [1.807, 2.05) is 0 Å². The average Bonchev–Trinajstić information content (AvgIpc) is 2.42. The summed E-state index contributed by atoms with van der Waals surface area (Å²) < 4.78 is 3.46. The molecule has 1 aliphatic rings. The first kappa shape index (κ1) is 23.8. The second-order valence-corrected chi connectivity index (χ2v) is 130. The van der Waals surface area contributed by atoms with Crippen LogP contribution in [-0.4, -0.2) is 13.3 Å². The number of hydrogen-bond donors (Lipinski definition) is 0. The quantitative estimate of drug-likeness (QED) is 0.236. The summed E-state index contributed by atoms with van der Waals surface area (Å²) in [5, 5.41) is 0. The molecule has 114 valence electrons. The third-order valence-corrected chi connectivity index (χ3v) is 270. The Morgan fingerprint density at radius 2 is 1.65 bits per heavy atom. The van der Waals surface area contributed by atoms with Crippen LogP contribution in [0.5, 0.6) is 0 Å². The van der Waals surface area contributed by atoms with E-state index in [0.29, 0.717) is 12.7 Å². The summed E-state index contributed by atoms with van der Waals surface area (Å²) >= 11 is 1.01. The van der Waals surface area contributed by atoms with Gasteiger partial charge in [0, 0.05) is 0 Å². The van der Waals surface area contributed by atoms with Crippen molar-refractivity contribution in [2.75, 3.05) is 13.3 Å². The van der Waals surface area contributed by atoms with Gasteiger partial charge in [-0.3, -0.25) is 0 Å². The molecule has 0 amide bonds. The van der Waals surface area contributed by atoms with E-state index in [2.05, 4.69) is 27.2 Å². The van der Waals surface area contributed by atoms with Gasteiger partial charge in [-0.15, -0.1) is 0 Å². The van der Waals surface area contributed by atoms with Crippen LogP contribution in [0.4, 0.5) is 0 Å². The van der Waals surface area contributed by atoms with Crippen molar-refractivity contribution in [2.45, 2.75) is 49.0 Å². The Morgan fingerprint density at radius 1 is 1.10 bits per heavy atom. The number of unbranched alkanes of at least 4 members (excludes halogenated alkanes) is 2. The molecule has 2 atom stereocenters. The Kier molecular flexibility index (Phi) is 13.0. The Balaban J connectivity index is 2.99. The summed E-state index contributed by atoms with van der Waals surface area (Å²) in [6.45, 7) is 12.1. The third-order valence-electron chi connectivity index (χ3n) is 3.77. The van der Waals surface area contributed by atoms with Crippen molar-refractivity contribution in [3.63, 3.8) is 0 Å². The van der Waals surface area contributed by atoms with Crippen molar-refractivity contribution in [3.8, 4) is 0 Å². The molecule has 0 N–H and O–H groups in total. The van der Waals surface area contributed by atoms with Gasteiger partial charge in [-0.1, -0.05) is 0 Å². The Labute approximate surface area is 155 Å². The predicted molar refractivity (Wildman–Crippen MR) is 79.6 cm³/mol. The van der Waals surface area contributed by atoms with Crippen LogP contribution in [0.15, 0.2) is 0 Å². The monoisotopic (exact) mass is 566 g/mol. The molecule has 0 spiro atoms. The average molecular weight is 566 g/mol. The van der Waals surface area contributed by atoms with Gasteiger partial charge in [0.05, 0.1) is 0 Å². The molecular formula is C10H26Cl2P2Ti6. The molecule has 1 saturated heterocycles. The molecule has 0 aromatic heterocycles. The van der Waals surface area contributed by atoms with Gasteiger partial charge in [0.2, 0.25) is 0 Å². The molecule has 1 fully saturated rings. The SMILES string of the molecule is CCC[CH2][Ti]1([CH2]CCC)[Ti][Ti]([PH]C)[Ti][Ti]([Cl])([Cl])([PH]C)[Ti]1. The van der Waals surface area contributed by atoms with Crippen LogP contribution < -0.4 is 0 Å². The van der Waals surface area contributed by atoms with Crippen molar-refractivity contribution < 1.29 is 65.6 Å². The molecule has 0 aliphatic carbocycles. The van der Waals surface area contributed by atoms with Crippen molar-refractivity contribution in [2.24, 2.45) is 0 Å². The van der Waals surface area contributed by atoms with Crippen LogP contribution in [0.1, 0.15) is 39.5 Å². The molecule has 0 radical (unpaired) electrons. The second kappa shape index (κ2) is 10.9. The summed E-state index contributed by atoms with van der Waals surface area (Å²) in [7, 11) is 12.8. The number of halogens is 2. The number of rotatable bonds is 8. The fourth-order valence-electron chi connectivity index (χ4n) is 2.55. The zero-order valence-corrected chi connectivity index (χ0v) is 25.9. The molecule has 1 aliphatic heterocycles. The first-order chi connectivity index (χ1) is 9.31. The molecule has 1 rings (SSSR count). The molecular weight excluding hydrogens is 540 g/mol. The van der Waals surface area contributed by atoms with Gasteiger partial charge < -0.3 is 0 Å². The third kappa shape index (κ3) is 7.76. The van der Waals surface area contributed by atoms with Crippen LogP contribution in [0.25, 0.3) is 0 Å². The molecule has 20 heavy (non-hydrogen) atoms. The second-order valence-electron chi connectivity index (χ2n) is 5.55. The molecule has 0 bridgehead atoms. The normalized spacial score (nSPS) is 25.9. The van der Waals surface area contributed by atoms with Gasteiger partial charge >= 0.3 is 160 Å². The van der Waals surface area contributed by atoms with Gasteiger partial charge in [-0.05, 0) is 0 Å². The summed E-state index contributed by atoms with van der Waals surface area (Å²) in [6, 6.07) is 0. The van der Waals surface area contributed by atoms with Crippen molar-refractivity contribution >= 4 is 31.8 Å². The van der Waals surface area contributed by atoms with E-state index in [4.69, 9.17) is 18.6 Å². The zero-order chi connectivity index (χ0) is 15.3. The van der Waals surface area contributed by atoms with Gasteiger partial charge in [0.15, 0.2) is 0 Å². The van der Waals surface area contributed by atoms with E-state index in [9.17, 15) is 0 Å². The van der Waals surface area contributed by atoms with E-state index in [0.717, 1.165) is 6.57 Å². The van der Waals surface area contributed by atoms with E-state index in [1.165, 1.54) is 32.3 Å². The van der Waals surface area contributed by atoms with E-state index in [-0.39, 0.29) is 25.5 Å². The topological polar surface area (TPSA) is 0 Å². The summed E-state index contributed by atoms with van der Waals surface area (Å²) in [5.74, 6) is 0. The minimum atomic E-state index is -2.74. The van der Waals surface area contributed by atoms with E-state index < -0.39 is 27.4 Å². The van der Waals surface area contributed by atoms with E-state index >= 15 is 0 Å². The molecule has 0 nitrogen and oxygen atoms in total. The molecule has 0 aromatic carbocycles. The standard InChI is InChI=1S/2C4H9.2CH4P.2ClH.6Ti/c2*1-3-4-2;2*1-2;;;;;;;;/h2*1,3-4H2,2H3;2*2H,1H3;2*1H;;;;;;/q;;2*-1;;;;;;;+1;+3/p-2. The fraction of sp³-hybridized carbons (Fsp3) is 1.00. The first-order valence-electron chi connectivity index (χ1n) is 7.50. The fourth-order valence-corrected chi connectivity index (χ4v) is 659. The van der Waals surface area contributed by atoms with Crippen LogP contribution in [0, 0.1) is 0 Å². The van der Waals surface area contributed by atoms with Crippen LogP contribution in [0.3, 0.4) is 0 Å². The maximum atomic E-state index is 7.42. The molecule has 2 unspecified atom stereocenters. The molecule has 0 aromatic rings. The van der Waals surface area contributed by atoms with E-state index in [1.54, 1.807) is 9.45 Å². The van der Waals surface area contributed by atoms with Gasteiger partial charge in [-0.2, -0.15) is 0 Å². The van der Waals surface area contributed by atoms with Crippen LogP contribution in [0.2, 0.25) is 9.45 Å². The Bertz CT molecular complexity index is 312.